The van der Waals surface area contributed by atoms with E-state index >= 15 is 4.39 Å². The average Bonchev–Trinajstić information content (AvgIpc) is 3.54. The minimum absolute atomic E-state index is 0.00683. The third-order valence-electron chi connectivity index (χ3n) is 6.19. The molecule has 1 fully saturated rings. The SMILES string of the molecule is CCc1nn(-c2cc(OC(C)C3CC3)c(C(=O)CC(CC)CC)cc2F)c(=O)n1C. The maximum absolute atomic E-state index is 15.1. The molecule has 1 aliphatic rings. The normalized spacial score (nSPS) is 14.9. The van der Waals surface area contributed by atoms with E-state index in [4.69, 9.17) is 4.74 Å². The van der Waals surface area contributed by atoms with Crippen molar-refractivity contribution >= 4 is 5.78 Å². The molecule has 0 amide bonds. The van der Waals surface area contributed by atoms with Gasteiger partial charge in [0.15, 0.2) is 5.78 Å². The van der Waals surface area contributed by atoms with Crippen molar-refractivity contribution in [3.63, 3.8) is 0 Å². The molecule has 6 nitrogen and oxygen atoms in total. The summed E-state index contributed by atoms with van der Waals surface area (Å²) in [6, 6.07) is 2.67. The van der Waals surface area contributed by atoms with E-state index in [-0.39, 0.29) is 29.1 Å². The predicted molar refractivity (Wildman–Crippen MR) is 114 cm³/mol. The van der Waals surface area contributed by atoms with Crippen LogP contribution in [0.2, 0.25) is 0 Å². The fourth-order valence-electron chi connectivity index (χ4n) is 3.77. The summed E-state index contributed by atoms with van der Waals surface area (Å²) in [5, 5.41) is 4.26. The summed E-state index contributed by atoms with van der Waals surface area (Å²) in [6.45, 7) is 7.96. The first-order chi connectivity index (χ1) is 14.3. The summed E-state index contributed by atoms with van der Waals surface area (Å²) in [4.78, 5) is 25.6. The van der Waals surface area contributed by atoms with Crippen LogP contribution < -0.4 is 10.4 Å². The van der Waals surface area contributed by atoms with Crippen LogP contribution in [0, 0.1) is 17.7 Å². The van der Waals surface area contributed by atoms with Crippen LogP contribution in [0.25, 0.3) is 5.69 Å². The van der Waals surface area contributed by atoms with Gasteiger partial charge in [0, 0.05) is 26.0 Å². The zero-order chi connectivity index (χ0) is 22.0. The maximum Gasteiger partial charge on any atom is 0.350 e. The van der Waals surface area contributed by atoms with Gasteiger partial charge in [0.05, 0.1) is 11.7 Å². The van der Waals surface area contributed by atoms with E-state index in [0.29, 0.717) is 30.3 Å². The van der Waals surface area contributed by atoms with Crippen molar-refractivity contribution in [1.82, 2.24) is 14.3 Å². The molecule has 0 radical (unpaired) electrons. The van der Waals surface area contributed by atoms with Gasteiger partial charge in [-0.05, 0) is 37.7 Å². The van der Waals surface area contributed by atoms with Gasteiger partial charge in [-0.2, -0.15) is 4.68 Å². The lowest BCUT2D eigenvalue weighted by Gasteiger charge is -2.19. The van der Waals surface area contributed by atoms with Gasteiger partial charge in [-0.15, -0.1) is 5.10 Å². The number of hydrogen-bond donors (Lipinski definition) is 0. The number of nitrogens with zero attached hydrogens (tertiary/aromatic N) is 3. The quantitative estimate of drug-likeness (QED) is 0.536. The Balaban J connectivity index is 2.06. The summed E-state index contributed by atoms with van der Waals surface area (Å²) in [7, 11) is 1.61. The van der Waals surface area contributed by atoms with Gasteiger partial charge >= 0.3 is 5.69 Å². The van der Waals surface area contributed by atoms with Crippen LogP contribution in [-0.4, -0.2) is 26.2 Å². The third-order valence-corrected chi connectivity index (χ3v) is 6.19. The molecule has 1 atom stereocenters. The first-order valence-corrected chi connectivity index (χ1v) is 11.0. The lowest BCUT2D eigenvalue weighted by Crippen LogP contribution is -2.23. The highest BCUT2D eigenvalue weighted by Crippen LogP contribution is 2.36. The number of hydrogen-bond acceptors (Lipinski definition) is 4. The van der Waals surface area contributed by atoms with Crippen molar-refractivity contribution in [1.29, 1.82) is 0 Å². The van der Waals surface area contributed by atoms with Crippen LogP contribution in [0.15, 0.2) is 16.9 Å². The van der Waals surface area contributed by atoms with E-state index in [9.17, 15) is 9.59 Å². The number of aryl methyl sites for hydroxylation is 1. The highest BCUT2D eigenvalue weighted by atomic mass is 19.1. The summed E-state index contributed by atoms with van der Waals surface area (Å²) in [6.07, 6.45) is 4.78. The second-order valence-electron chi connectivity index (χ2n) is 8.29. The topological polar surface area (TPSA) is 66.1 Å². The molecule has 7 heteroatoms. The highest BCUT2D eigenvalue weighted by Gasteiger charge is 2.31. The molecule has 1 saturated carbocycles. The second-order valence-corrected chi connectivity index (χ2v) is 8.29. The van der Waals surface area contributed by atoms with Gasteiger partial charge in [0.2, 0.25) is 0 Å². The largest absolute Gasteiger partial charge is 0.490 e. The number of benzene rings is 1. The van der Waals surface area contributed by atoms with E-state index < -0.39 is 11.5 Å². The molecule has 0 bridgehead atoms. The molecule has 164 valence electrons. The van der Waals surface area contributed by atoms with Gasteiger partial charge in [-0.25, -0.2) is 9.18 Å². The summed E-state index contributed by atoms with van der Waals surface area (Å²) in [5.41, 5.74) is -0.175. The number of rotatable bonds is 10. The van der Waals surface area contributed by atoms with Crippen molar-refractivity contribution in [2.45, 2.75) is 72.3 Å². The zero-order valence-electron chi connectivity index (χ0n) is 18.6. The minimum atomic E-state index is -0.655. The lowest BCUT2D eigenvalue weighted by molar-refractivity contribution is 0.0950. The molecule has 30 heavy (non-hydrogen) atoms. The molecule has 0 N–H and O–H groups in total. The number of carbonyl (C=O) groups excluding carboxylic acids is 1. The molecular formula is C23H32FN3O3. The van der Waals surface area contributed by atoms with Crippen molar-refractivity contribution in [3.05, 3.63) is 39.8 Å². The smallest absolute Gasteiger partial charge is 0.350 e. The first kappa shape index (κ1) is 22.2. The van der Waals surface area contributed by atoms with Crippen molar-refractivity contribution in [2.75, 3.05) is 0 Å². The number of ketones is 1. The van der Waals surface area contributed by atoms with Crippen molar-refractivity contribution in [2.24, 2.45) is 18.9 Å². The molecule has 0 spiro atoms. The van der Waals surface area contributed by atoms with Crippen LogP contribution in [0.3, 0.4) is 0 Å². The molecule has 1 heterocycles. The Kier molecular flexibility index (Phi) is 6.78. The minimum Gasteiger partial charge on any atom is -0.490 e. The van der Waals surface area contributed by atoms with Gasteiger partial charge in [-0.1, -0.05) is 33.6 Å². The average molecular weight is 418 g/mol. The molecule has 3 rings (SSSR count). The van der Waals surface area contributed by atoms with Crippen molar-refractivity contribution < 1.29 is 13.9 Å². The Morgan fingerprint density at radius 2 is 1.93 bits per heavy atom. The van der Waals surface area contributed by atoms with Crippen molar-refractivity contribution in [3.8, 4) is 11.4 Å². The summed E-state index contributed by atoms with van der Waals surface area (Å²) < 4.78 is 23.7. The second kappa shape index (κ2) is 9.14. The maximum atomic E-state index is 15.1. The van der Waals surface area contributed by atoms with Crippen LogP contribution in [0.1, 0.15) is 76.0 Å². The van der Waals surface area contributed by atoms with Crippen LogP contribution in [0.5, 0.6) is 5.75 Å². The van der Waals surface area contributed by atoms with Crippen LogP contribution in [-0.2, 0) is 13.5 Å². The highest BCUT2D eigenvalue weighted by molar-refractivity contribution is 5.99. The van der Waals surface area contributed by atoms with Gasteiger partial charge in [0.25, 0.3) is 0 Å². The van der Waals surface area contributed by atoms with E-state index in [1.165, 1.54) is 16.7 Å². The Morgan fingerprint density at radius 1 is 1.27 bits per heavy atom. The Labute approximate surface area is 177 Å². The van der Waals surface area contributed by atoms with E-state index in [2.05, 4.69) is 18.9 Å². The zero-order valence-corrected chi connectivity index (χ0v) is 18.6. The monoisotopic (exact) mass is 417 g/mol. The molecule has 1 unspecified atom stereocenters. The number of ether oxygens (including phenoxy) is 1. The molecule has 1 aliphatic carbocycles. The number of carbonyl (C=O) groups is 1. The molecule has 0 aliphatic heterocycles. The molecule has 1 aromatic heterocycles. The fraction of sp³-hybridized carbons (Fsp3) is 0.609. The Hall–Kier alpha value is -2.44. The standard InChI is InChI=1S/C23H32FN3O3/c1-6-15(7-2)11-20(28)17-12-18(24)19(13-21(17)30-14(4)16-9-10-16)27-23(29)26(5)22(8-3)25-27/h12-16H,6-11H2,1-5H3. The Bertz CT molecular complexity index is 971. The predicted octanol–water partition coefficient (Wildman–Crippen LogP) is 4.46. The third kappa shape index (κ3) is 4.50. The summed E-state index contributed by atoms with van der Waals surface area (Å²) >= 11 is 0. The molecular weight excluding hydrogens is 385 g/mol. The van der Waals surface area contributed by atoms with E-state index in [0.717, 1.165) is 30.4 Å². The number of Topliss-reactive ketones (excluding diaryl/α,β-unsaturated/α-hetero) is 1. The van der Waals surface area contributed by atoms with E-state index in [1.807, 2.05) is 13.8 Å². The first-order valence-electron chi connectivity index (χ1n) is 11.0. The van der Waals surface area contributed by atoms with Gasteiger partial charge in [0.1, 0.15) is 23.1 Å². The Morgan fingerprint density at radius 3 is 2.47 bits per heavy atom. The lowest BCUT2D eigenvalue weighted by atomic mass is 9.93. The number of aromatic nitrogens is 3. The van der Waals surface area contributed by atoms with Crippen LogP contribution in [0.4, 0.5) is 4.39 Å². The fourth-order valence-corrected chi connectivity index (χ4v) is 3.77. The van der Waals surface area contributed by atoms with Gasteiger partial charge < -0.3 is 4.74 Å². The van der Waals surface area contributed by atoms with Crippen LogP contribution >= 0.6 is 0 Å². The molecule has 2 aromatic rings. The molecule has 0 saturated heterocycles. The molecule has 1 aromatic carbocycles. The van der Waals surface area contributed by atoms with E-state index in [1.54, 1.807) is 7.05 Å². The number of halogens is 1. The van der Waals surface area contributed by atoms with Gasteiger partial charge in [-0.3, -0.25) is 9.36 Å². The summed E-state index contributed by atoms with van der Waals surface area (Å²) in [5.74, 6) is 0.801.